The summed E-state index contributed by atoms with van der Waals surface area (Å²) in [7, 11) is 0. The van der Waals surface area contributed by atoms with E-state index in [-0.39, 0.29) is 5.91 Å². The highest BCUT2D eigenvalue weighted by molar-refractivity contribution is 9.10. The van der Waals surface area contributed by atoms with Crippen molar-refractivity contribution in [2.75, 3.05) is 16.8 Å². The molecular weight excluding hydrogens is 352 g/mol. The van der Waals surface area contributed by atoms with E-state index in [1.165, 1.54) is 24.9 Å². The Hall–Kier alpha value is -1.81. The fourth-order valence-electron chi connectivity index (χ4n) is 3.06. The second kappa shape index (κ2) is 7.18. The Morgan fingerprint density at radius 1 is 1.13 bits per heavy atom. The van der Waals surface area contributed by atoms with Crippen LogP contribution >= 0.6 is 15.9 Å². The normalized spacial score (nSPS) is 17.8. The van der Waals surface area contributed by atoms with E-state index in [9.17, 15) is 4.79 Å². The van der Waals surface area contributed by atoms with Crippen LogP contribution in [0.2, 0.25) is 0 Å². The Balaban J connectivity index is 1.70. The third-order valence-electron chi connectivity index (χ3n) is 4.38. The van der Waals surface area contributed by atoms with Crippen LogP contribution in [0.4, 0.5) is 11.4 Å². The maximum Gasteiger partial charge on any atom is 0.256 e. The number of hydrogen-bond acceptors (Lipinski definition) is 2. The van der Waals surface area contributed by atoms with Crippen molar-refractivity contribution in [1.82, 2.24) is 0 Å². The predicted octanol–water partition coefficient (Wildman–Crippen LogP) is 5.08. The van der Waals surface area contributed by atoms with Gasteiger partial charge in [0.2, 0.25) is 0 Å². The second-order valence-corrected chi connectivity index (χ2v) is 6.87. The van der Waals surface area contributed by atoms with Crippen molar-refractivity contribution in [1.29, 1.82) is 0 Å². The molecule has 23 heavy (non-hydrogen) atoms. The van der Waals surface area contributed by atoms with Gasteiger partial charge in [-0.3, -0.25) is 4.79 Å². The van der Waals surface area contributed by atoms with Crippen LogP contribution in [-0.2, 0) is 0 Å². The number of halogens is 1. The lowest BCUT2D eigenvalue weighted by Gasteiger charge is -2.35. The van der Waals surface area contributed by atoms with Crippen molar-refractivity contribution >= 4 is 33.2 Å². The highest BCUT2D eigenvalue weighted by atomic mass is 79.9. The Morgan fingerprint density at radius 3 is 2.57 bits per heavy atom. The second-order valence-electron chi connectivity index (χ2n) is 6.02. The van der Waals surface area contributed by atoms with Gasteiger partial charge in [-0.1, -0.05) is 12.1 Å². The summed E-state index contributed by atoms with van der Waals surface area (Å²) in [5.74, 6) is -0.100. The van der Waals surface area contributed by atoms with Crippen LogP contribution in [0.5, 0.6) is 0 Å². The third kappa shape index (κ3) is 3.75. The summed E-state index contributed by atoms with van der Waals surface area (Å²) >= 11 is 3.41. The lowest BCUT2D eigenvalue weighted by molar-refractivity contribution is 0.102. The summed E-state index contributed by atoms with van der Waals surface area (Å²) in [5, 5.41) is 2.95. The zero-order valence-electron chi connectivity index (χ0n) is 13.3. The Labute approximate surface area is 145 Å². The van der Waals surface area contributed by atoms with Crippen molar-refractivity contribution in [2.24, 2.45) is 0 Å². The number of benzene rings is 2. The molecule has 0 bridgehead atoms. The molecule has 0 unspecified atom stereocenters. The third-order valence-corrected chi connectivity index (χ3v) is 5.07. The predicted molar refractivity (Wildman–Crippen MR) is 99.2 cm³/mol. The van der Waals surface area contributed by atoms with E-state index in [1.807, 2.05) is 36.4 Å². The van der Waals surface area contributed by atoms with E-state index >= 15 is 0 Å². The lowest BCUT2D eigenvalue weighted by Crippen LogP contribution is -2.37. The molecule has 1 atom stereocenters. The van der Waals surface area contributed by atoms with Gasteiger partial charge in [-0.15, -0.1) is 0 Å². The van der Waals surface area contributed by atoms with Gasteiger partial charge < -0.3 is 10.2 Å². The monoisotopic (exact) mass is 372 g/mol. The van der Waals surface area contributed by atoms with E-state index in [4.69, 9.17) is 0 Å². The SMILES string of the molecule is C[C@@H]1CCCCN1c1ccc(NC(=O)c2ccccc2Br)cc1. The molecule has 1 N–H and O–H groups in total. The number of anilines is 2. The minimum atomic E-state index is -0.100. The minimum Gasteiger partial charge on any atom is -0.369 e. The lowest BCUT2D eigenvalue weighted by atomic mass is 10.0. The fraction of sp³-hybridized carbons (Fsp3) is 0.316. The summed E-state index contributed by atoms with van der Waals surface area (Å²) in [6, 6.07) is 16.2. The summed E-state index contributed by atoms with van der Waals surface area (Å²) in [6.45, 7) is 3.39. The Kier molecular flexibility index (Phi) is 5.01. The molecule has 3 nitrogen and oxygen atoms in total. The van der Waals surface area contributed by atoms with Gasteiger partial charge in [0.15, 0.2) is 0 Å². The van der Waals surface area contributed by atoms with Gasteiger partial charge in [0.05, 0.1) is 5.56 Å². The average Bonchev–Trinajstić information content (AvgIpc) is 2.56. The number of rotatable bonds is 3. The molecule has 3 rings (SSSR count). The highest BCUT2D eigenvalue weighted by Gasteiger charge is 2.18. The van der Waals surface area contributed by atoms with Crippen molar-refractivity contribution in [3.05, 3.63) is 58.6 Å². The van der Waals surface area contributed by atoms with Crippen molar-refractivity contribution in [3.8, 4) is 0 Å². The summed E-state index contributed by atoms with van der Waals surface area (Å²) < 4.78 is 0.802. The molecule has 0 saturated carbocycles. The number of nitrogens with zero attached hydrogens (tertiary/aromatic N) is 1. The molecule has 1 aliphatic rings. The van der Waals surface area contributed by atoms with Crippen LogP contribution in [0.15, 0.2) is 53.0 Å². The summed E-state index contributed by atoms with van der Waals surface area (Å²) in [5.41, 5.74) is 2.69. The van der Waals surface area contributed by atoms with Crippen LogP contribution in [0, 0.1) is 0 Å². The van der Waals surface area contributed by atoms with E-state index in [0.717, 1.165) is 16.7 Å². The van der Waals surface area contributed by atoms with E-state index in [0.29, 0.717) is 11.6 Å². The topological polar surface area (TPSA) is 32.3 Å². The standard InChI is InChI=1S/C19H21BrN2O/c1-14-6-4-5-13-22(14)16-11-9-15(10-12-16)21-19(23)17-7-2-3-8-18(17)20/h2-3,7-12,14H,4-6,13H2,1H3,(H,21,23)/t14-/m1/s1. The quantitative estimate of drug-likeness (QED) is 0.814. The molecule has 2 aromatic carbocycles. The van der Waals surface area contributed by atoms with Gasteiger partial charge >= 0.3 is 0 Å². The Bertz CT molecular complexity index is 684. The zero-order valence-corrected chi connectivity index (χ0v) is 14.8. The van der Waals surface area contributed by atoms with Crippen LogP contribution in [0.1, 0.15) is 36.5 Å². The smallest absolute Gasteiger partial charge is 0.256 e. The number of amides is 1. The molecular formula is C19H21BrN2O. The van der Waals surface area contributed by atoms with Gasteiger partial charge in [-0.25, -0.2) is 0 Å². The highest BCUT2D eigenvalue weighted by Crippen LogP contribution is 2.26. The number of hydrogen-bond donors (Lipinski definition) is 1. The maximum absolute atomic E-state index is 12.3. The molecule has 1 amide bonds. The molecule has 1 saturated heterocycles. The van der Waals surface area contributed by atoms with Gasteiger partial charge in [0.25, 0.3) is 5.91 Å². The number of carbonyl (C=O) groups excluding carboxylic acids is 1. The first-order chi connectivity index (χ1) is 11.1. The molecule has 0 radical (unpaired) electrons. The molecule has 4 heteroatoms. The average molecular weight is 373 g/mol. The fourth-order valence-corrected chi connectivity index (χ4v) is 3.53. The van der Waals surface area contributed by atoms with Gasteiger partial charge in [-0.05, 0) is 78.5 Å². The van der Waals surface area contributed by atoms with Gasteiger partial charge in [-0.2, -0.15) is 0 Å². The molecule has 1 heterocycles. The molecule has 120 valence electrons. The first-order valence-corrected chi connectivity index (χ1v) is 8.87. The van der Waals surface area contributed by atoms with Crippen molar-refractivity contribution < 1.29 is 4.79 Å². The van der Waals surface area contributed by atoms with Gasteiger partial charge in [0.1, 0.15) is 0 Å². The van der Waals surface area contributed by atoms with Crippen molar-refractivity contribution in [2.45, 2.75) is 32.2 Å². The largest absolute Gasteiger partial charge is 0.369 e. The van der Waals surface area contributed by atoms with Crippen LogP contribution in [0.25, 0.3) is 0 Å². The molecule has 0 aromatic heterocycles. The maximum atomic E-state index is 12.3. The number of carbonyl (C=O) groups is 1. The summed E-state index contributed by atoms with van der Waals surface area (Å²) in [6.07, 6.45) is 3.82. The van der Waals surface area contributed by atoms with E-state index in [2.05, 4.69) is 45.2 Å². The van der Waals surface area contributed by atoms with Crippen LogP contribution in [0.3, 0.4) is 0 Å². The Morgan fingerprint density at radius 2 is 1.87 bits per heavy atom. The molecule has 1 aliphatic heterocycles. The van der Waals surface area contributed by atoms with Crippen LogP contribution in [-0.4, -0.2) is 18.5 Å². The molecule has 0 spiro atoms. The molecule has 0 aliphatic carbocycles. The molecule has 2 aromatic rings. The number of piperidine rings is 1. The zero-order chi connectivity index (χ0) is 16.2. The first-order valence-electron chi connectivity index (χ1n) is 8.08. The van der Waals surface area contributed by atoms with Gasteiger partial charge in [0, 0.05) is 28.4 Å². The van der Waals surface area contributed by atoms with E-state index < -0.39 is 0 Å². The van der Waals surface area contributed by atoms with E-state index in [1.54, 1.807) is 0 Å². The van der Waals surface area contributed by atoms with Crippen molar-refractivity contribution in [3.63, 3.8) is 0 Å². The summed E-state index contributed by atoms with van der Waals surface area (Å²) in [4.78, 5) is 14.8. The number of nitrogens with one attached hydrogen (secondary N) is 1. The first kappa shape index (κ1) is 16.1. The van der Waals surface area contributed by atoms with Crippen LogP contribution < -0.4 is 10.2 Å². The molecule has 1 fully saturated rings. The minimum absolute atomic E-state index is 0.100.